The van der Waals surface area contributed by atoms with Crippen LogP contribution in [0.1, 0.15) is 13.8 Å². The Bertz CT molecular complexity index is 219. The summed E-state index contributed by atoms with van der Waals surface area (Å²) in [6.07, 6.45) is 0. The van der Waals surface area contributed by atoms with Crippen molar-refractivity contribution < 1.29 is 19.8 Å². The fourth-order valence-electron chi connectivity index (χ4n) is 0.285. The summed E-state index contributed by atoms with van der Waals surface area (Å²) in [6.45, 7) is 3.55. The molecule has 74 valence electrons. The van der Waals surface area contributed by atoms with E-state index in [1.54, 1.807) is 13.8 Å². The first-order valence-corrected chi connectivity index (χ1v) is 3.44. The molecule has 0 heterocycles. The number of hydrogen-bond acceptors (Lipinski definition) is 4. The summed E-state index contributed by atoms with van der Waals surface area (Å²) in [4.78, 5) is 19.0. The fourth-order valence-corrected chi connectivity index (χ4v) is 0.285. The molecule has 0 aromatic rings. The number of nitrogens with zero attached hydrogens (tertiary/aromatic N) is 1. The molecule has 4 N–H and O–H groups in total. The minimum Gasteiger partial charge on any atom is -0.480 e. The Morgan fingerprint density at radius 2 is 1.69 bits per heavy atom. The Morgan fingerprint density at radius 3 is 1.69 bits per heavy atom. The van der Waals surface area contributed by atoms with Gasteiger partial charge in [0, 0.05) is 0 Å². The maximum atomic E-state index is 10.0. The van der Waals surface area contributed by atoms with E-state index in [9.17, 15) is 4.79 Å². The number of carboxylic acids is 2. The third kappa shape index (κ3) is 10.4. The van der Waals surface area contributed by atoms with Crippen LogP contribution in [0, 0.1) is 17.2 Å². The first-order chi connectivity index (χ1) is 5.82. The van der Waals surface area contributed by atoms with Gasteiger partial charge in [-0.05, 0) is 5.92 Å². The summed E-state index contributed by atoms with van der Waals surface area (Å²) in [7, 11) is 0. The Morgan fingerprint density at radius 1 is 1.38 bits per heavy atom. The van der Waals surface area contributed by atoms with Crippen LogP contribution in [0.4, 0.5) is 0 Å². The molecule has 1 atom stereocenters. The Labute approximate surface area is 75.6 Å². The summed E-state index contributed by atoms with van der Waals surface area (Å²) < 4.78 is 0. The normalized spacial score (nSPS) is 10.7. The quantitative estimate of drug-likeness (QED) is 0.401. The molecule has 6 nitrogen and oxygen atoms in total. The molecular weight excluding hydrogens is 176 g/mol. The molecule has 0 bridgehead atoms. The van der Waals surface area contributed by atoms with Gasteiger partial charge in [0.25, 0.3) is 0 Å². The average molecular weight is 188 g/mol. The fraction of sp³-hybridized carbons (Fsp3) is 0.571. The second-order valence-corrected chi connectivity index (χ2v) is 2.52. The summed E-state index contributed by atoms with van der Waals surface area (Å²) in [5.74, 6) is -2.35. The minimum absolute atomic E-state index is 0.0208. The first-order valence-electron chi connectivity index (χ1n) is 3.44. The van der Waals surface area contributed by atoms with E-state index >= 15 is 0 Å². The molecule has 0 unspecified atom stereocenters. The number of aliphatic carboxylic acids is 2. The van der Waals surface area contributed by atoms with Crippen molar-refractivity contribution in [1.82, 2.24) is 0 Å². The molecule has 0 aromatic carbocycles. The van der Waals surface area contributed by atoms with E-state index in [0.717, 1.165) is 6.07 Å². The molecule has 0 aliphatic rings. The molecule has 6 heteroatoms. The molecule has 0 saturated carbocycles. The number of nitriles is 1. The maximum absolute atomic E-state index is 10.0. The van der Waals surface area contributed by atoms with E-state index in [-0.39, 0.29) is 5.92 Å². The van der Waals surface area contributed by atoms with Gasteiger partial charge in [0.05, 0.1) is 0 Å². The van der Waals surface area contributed by atoms with Gasteiger partial charge >= 0.3 is 11.9 Å². The third-order valence-corrected chi connectivity index (χ3v) is 1.10. The third-order valence-electron chi connectivity index (χ3n) is 1.10. The lowest BCUT2D eigenvalue weighted by Crippen LogP contribution is -2.34. The van der Waals surface area contributed by atoms with Crippen LogP contribution in [0.3, 0.4) is 0 Å². The van der Waals surface area contributed by atoms with Crippen LogP contribution in [0.25, 0.3) is 0 Å². The lowest BCUT2D eigenvalue weighted by molar-refractivity contribution is -0.139. The van der Waals surface area contributed by atoms with Gasteiger partial charge in [-0.2, -0.15) is 5.26 Å². The lowest BCUT2D eigenvalue weighted by Gasteiger charge is -2.07. The van der Waals surface area contributed by atoms with E-state index in [2.05, 4.69) is 0 Å². The molecule has 0 aliphatic heterocycles. The van der Waals surface area contributed by atoms with Gasteiger partial charge in [-0.1, -0.05) is 13.8 Å². The zero-order valence-corrected chi connectivity index (χ0v) is 7.39. The number of nitrogens with two attached hydrogens (primary N) is 1. The van der Waals surface area contributed by atoms with Crippen molar-refractivity contribution in [2.75, 3.05) is 0 Å². The smallest absolute Gasteiger partial charge is 0.408 e. The maximum Gasteiger partial charge on any atom is 0.408 e. The number of rotatable bonds is 2. The molecule has 0 radical (unpaired) electrons. The zero-order valence-electron chi connectivity index (χ0n) is 7.39. The van der Waals surface area contributed by atoms with Crippen LogP contribution in [-0.2, 0) is 9.59 Å². The van der Waals surface area contributed by atoms with Crippen molar-refractivity contribution in [3.63, 3.8) is 0 Å². The minimum atomic E-state index is -1.44. The van der Waals surface area contributed by atoms with Crippen molar-refractivity contribution >= 4 is 11.9 Å². The van der Waals surface area contributed by atoms with Crippen LogP contribution in [0.2, 0.25) is 0 Å². The molecule has 0 rings (SSSR count). The van der Waals surface area contributed by atoms with Crippen LogP contribution in [-0.4, -0.2) is 28.2 Å². The lowest BCUT2D eigenvalue weighted by atomic mass is 10.1. The van der Waals surface area contributed by atoms with E-state index in [0.29, 0.717) is 0 Å². The largest absolute Gasteiger partial charge is 0.480 e. The van der Waals surface area contributed by atoms with E-state index < -0.39 is 18.0 Å². The molecule has 0 fully saturated rings. The highest BCUT2D eigenvalue weighted by atomic mass is 16.4. The van der Waals surface area contributed by atoms with Gasteiger partial charge in [0.15, 0.2) is 6.07 Å². The Hall–Kier alpha value is -1.61. The molecule has 0 spiro atoms. The number of carboxylic acid groups (broad SMARTS) is 2. The highest BCUT2D eigenvalue weighted by molar-refractivity contribution is 5.83. The van der Waals surface area contributed by atoms with Crippen molar-refractivity contribution in [2.24, 2.45) is 11.7 Å². The van der Waals surface area contributed by atoms with Crippen LogP contribution in [0.15, 0.2) is 0 Å². The van der Waals surface area contributed by atoms with Crippen LogP contribution in [0.5, 0.6) is 0 Å². The Kier molecular flexibility index (Phi) is 7.57. The monoisotopic (exact) mass is 188 g/mol. The summed E-state index contributed by atoms with van der Waals surface area (Å²) >= 11 is 0. The second-order valence-electron chi connectivity index (χ2n) is 2.52. The van der Waals surface area contributed by atoms with Gasteiger partial charge in [-0.15, -0.1) is 0 Å². The van der Waals surface area contributed by atoms with Gasteiger partial charge in [-0.25, -0.2) is 4.79 Å². The standard InChI is InChI=1S/C5H11NO2.C2HNO2/c1-3(2)4(6)5(7)8;3-1-2(4)5/h3-4H,6H2,1-2H3,(H,7,8);(H,4,5)/t4-;/m0./s1. The van der Waals surface area contributed by atoms with Gasteiger partial charge in [0.1, 0.15) is 6.04 Å². The van der Waals surface area contributed by atoms with Gasteiger partial charge < -0.3 is 15.9 Å². The topological polar surface area (TPSA) is 124 Å². The molecule has 0 aliphatic carbocycles. The summed E-state index contributed by atoms with van der Waals surface area (Å²) in [6, 6.07) is 0.231. The van der Waals surface area contributed by atoms with Gasteiger partial charge in [-0.3, -0.25) is 4.79 Å². The highest BCUT2D eigenvalue weighted by Gasteiger charge is 2.14. The SMILES string of the molecule is CC(C)[C@H](N)C(=O)O.N#CC(=O)O. The summed E-state index contributed by atoms with van der Waals surface area (Å²) in [5, 5.41) is 22.9. The predicted molar refractivity (Wildman–Crippen MR) is 43.7 cm³/mol. The van der Waals surface area contributed by atoms with Crippen LogP contribution < -0.4 is 5.73 Å². The average Bonchev–Trinajstić information content (AvgIpc) is 2.03. The predicted octanol–water partition coefficient (Wildman–Crippen LogP) is -0.351. The number of hydrogen-bond donors (Lipinski definition) is 3. The van der Waals surface area contributed by atoms with Crippen molar-refractivity contribution in [1.29, 1.82) is 5.26 Å². The van der Waals surface area contributed by atoms with Crippen LogP contribution >= 0.6 is 0 Å². The van der Waals surface area contributed by atoms with Crippen molar-refractivity contribution in [3.05, 3.63) is 0 Å². The van der Waals surface area contributed by atoms with Crippen molar-refractivity contribution in [2.45, 2.75) is 19.9 Å². The molecule has 0 aromatic heterocycles. The zero-order chi connectivity index (χ0) is 11.0. The first kappa shape index (κ1) is 13.9. The molecular formula is C7H12N2O4. The molecule has 13 heavy (non-hydrogen) atoms. The van der Waals surface area contributed by atoms with Gasteiger partial charge in [0.2, 0.25) is 0 Å². The van der Waals surface area contributed by atoms with E-state index in [1.807, 2.05) is 0 Å². The van der Waals surface area contributed by atoms with E-state index in [4.69, 9.17) is 26.0 Å². The Balaban J connectivity index is 0. The summed E-state index contributed by atoms with van der Waals surface area (Å²) in [5.41, 5.74) is 5.16. The number of carbonyl (C=O) groups is 2. The second kappa shape index (κ2) is 7.06. The van der Waals surface area contributed by atoms with Crippen molar-refractivity contribution in [3.8, 4) is 6.07 Å². The molecule has 0 amide bonds. The molecule has 0 saturated heterocycles. The van der Waals surface area contributed by atoms with E-state index in [1.165, 1.54) is 0 Å². The highest BCUT2D eigenvalue weighted by Crippen LogP contribution is 1.96.